The summed E-state index contributed by atoms with van der Waals surface area (Å²) in [6.45, 7) is 1.88. The number of ether oxygens (including phenoxy) is 2. The Morgan fingerprint density at radius 3 is 2.85 bits per heavy atom. The molecule has 2 heterocycles. The lowest BCUT2D eigenvalue weighted by Gasteiger charge is -2.32. The molecule has 3 rings (SSSR count). The smallest absolute Gasteiger partial charge is 0.317 e. The van der Waals surface area contributed by atoms with E-state index in [1.54, 1.807) is 14.2 Å². The molecule has 140 valence electrons. The van der Waals surface area contributed by atoms with Crippen LogP contribution in [0.5, 0.6) is 11.5 Å². The van der Waals surface area contributed by atoms with Gasteiger partial charge in [-0.3, -0.25) is 4.68 Å². The van der Waals surface area contributed by atoms with Gasteiger partial charge >= 0.3 is 6.03 Å². The predicted molar refractivity (Wildman–Crippen MR) is 98.5 cm³/mol. The SMILES string of the molecule is COc1cccc(CNC(=O)N2CCCC(c3ccnn3C)C2)c1OC. The fourth-order valence-electron chi connectivity index (χ4n) is 3.56. The molecule has 0 aliphatic carbocycles. The summed E-state index contributed by atoms with van der Waals surface area (Å²) in [6, 6.07) is 7.64. The Bertz CT molecular complexity index is 759. The van der Waals surface area contributed by atoms with E-state index >= 15 is 0 Å². The maximum Gasteiger partial charge on any atom is 0.317 e. The molecule has 1 aliphatic heterocycles. The minimum absolute atomic E-state index is 0.0539. The number of nitrogens with one attached hydrogen (secondary N) is 1. The number of carbonyl (C=O) groups is 1. The highest BCUT2D eigenvalue weighted by atomic mass is 16.5. The summed E-state index contributed by atoms with van der Waals surface area (Å²) in [5, 5.41) is 7.25. The van der Waals surface area contributed by atoms with Gasteiger partial charge in [0.15, 0.2) is 11.5 Å². The number of aryl methyl sites for hydroxylation is 1. The maximum atomic E-state index is 12.6. The van der Waals surface area contributed by atoms with Gasteiger partial charge in [-0.05, 0) is 25.0 Å². The van der Waals surface area contributed by atoms with Crippen LogP contribution in [-0.2, 0) is 13.6 Å². The number of rotatable bonds is 5. The van der Waals surface area contributed by atoms with Gasteiger partial charge in [-0.25, -0.2) is 4.79 Å². The first-order valence-electron chi connectivity index (χ1n) is 8.84. The van der Waals surface area contributed by atoms with E-state index in [9.17, 15) is 4.79 Å². The number of piperidine rings is 1. The lowest BCUT2D eigenvalue weighted by atomic mass is 9.95. The second-order valence-corrected chi connectivity index (χ2v) is 6.48. The number of hydrogen-bond donors (Lipinski definition) is 1. The molecule has 1 N–H and O–H groups in total. The Hall–Kier alpha value is -2.70. The van der Waals surface area contributed by atoms with Crippen molar-refractivity contribution in [2.24, 2.45) is 7.05 Å². The summed E-state index contributed by atoms with van der Waals surface area (Å²) in [5.74, 6) is 1.64. The van der Waals surface area contributed by atoms with E-state index < -0.39 is 0 Å². The van der Waals surface area contributed by atoms with Crippen LogP contribution in [0.4, 0.5) is 4.79 Å². The third kappa shape index (κ3) is 3.76. The Morgan fingerprint density at radius 2 is 2.15 bits per heavy atom. The van der Waals surface area contributed by atoms with Crippen molar-refractivity contribution in [3.63, 3.8) is 0 Å². The number of urea groups is 1. The van der Waals surface area contributed by atoms with Crippen LogP contribution in [0.15, 0.2) is 30.5 Å². The Kier molecular flexibility index (Phi) is 5.65. The Labute approximate surface area is 153 Å². The number of nitrogens with zero attached hydrogens (tertiary/aromatic N) is 3. The molecule has 0 bridgehead atoms. The molecule has 1 aromatic carbocycles. The van der Waals surface area contributed by atoms with Gasteiger partial charge in [0.1, 0.15) is 0 Å². The summed E-state index contributed by atoms with van der Waals surface area (Å²) in [5.41, 5.74) is 2.07. The number of methoxy groups -OCH3 is 2. The topological polar surface area (TPSA) is 68.6 Å². The lowest BCUT2D eigenvalue weighted by Crippen LogP contribution is -2.45. The van der Waals surface area contributed by atoms with Crippen LogP contribution >= 0.6 is 0 Å². The summed E-state index contributed by atoms with van der Waals surface area (Å²) in [7, 11) is 5.16. The summed E-state index contributed by atoms with van der Waals surface area (Å²) >= 11 is 0. The highest BCUT2D eigenvalue weighted by molar-refractivity contribution is 5.74. The van der Waals surface area contributed by atoms with Crippen molar-refractivity contribution in [3.8, 4) is 11.5 Å². The van der Waals surface area contributed by atoms with Gasteiger partial charge < -0.3 is 19.7 Å². The number of benzene rings is 1. The van der Waals surface area contributed by atoms with Crippen molar-refractivity contribution >= 4 is 6.03 Å². The lowest BCUT2D eigenvalue weighted by molar-refractivity contribution is 0.177. The number of carbonyl (C=O) groups excluding carboxylic acids is 1. The van der Waals surface area contributed by atoms with E-state index in [1.807, 2.05) is 47.1 Å². The summed E-state index contributed by atoms with van der Waals surface area (Å²) < 4.78 is 12.6. The van der Waals surface area contributed by atoms with Crippen LogP contribution in [0.25, 0.3) is 0 Å². The molecule has 0 spiro atoms. The summed E-state index contributed by atoms with van der Waals surface area (Å²) in [4.78, 5) is 14.5. The molecule has 2 aromatic rings. The number of amides is 2. The standard InChI is InChI=1S/C19H26N4O3/c1-22-16(9-10-21-22)15-7-5-11-23(13-15)19(24)20-12-14-6-4-8-17(25-2)18(14)26-3/h4,6,8-10,15H,5,7,11-13H2,1-3H3,(H,20,24). The first-order chi connectivity index (χ1) is 12.6. The normalized spacial score (nSPS) is 17.0. The van der Waals surface area contributed by atoms with Crippen molar-refractivity contribution in [2.75, 3.05) is 27.3 Å². The molecule has 7 heteroatoms. The van der Waals surface area contributed by atoms with Gasteiger partial charge in [0.2, 0.25) is 0 Å². The highest BCUT2D eigenvalue weighted by Crippen LogP contribution is 2.31. The van der Waals surface area contributed by atoms with Crippen molar-refractivity contribution in [1.29, 1.82) is 0 Å². The van der Waals surface area contributed by atoms with E-state index in [0.29, 0.717) is 30.5 Å². The number of hydrogen-bond acceptors (Lipinski definition) is 4. The van der Waals surface area contributed by atoms with Crippen LogP contribution in [0.1, 0.15) is 30.0 Å². The zero-order chi connectivity index (χ0) is 18.5. The van der Waals surface area contributed by atoms with Gasteiger partial charge in [0.25, 0.3) is 0 Å². The van der Waals surface area contributed by atoms with Gasteiger partial charge in [0, 0.05) is 50.1 Å². The van der Waals surface area contributed by atoms with E-state index in [4.69, 9.17) is 9.47 Å². The molecule has 0 radical (unpaired) electrons. The molecule has 2 amide bonds. The van der Waals surface area contributed by atoms with Crippen molar-refractivity contribution < 1.29 is 14.3 Å². The largest absolute Gasteiger partial charge is 0.493 e. The monoisotopic (exact) mass is 358 g/mol. The second kappa shape index (κ2) is 8.12. The van der Waals surface area contributed by atoms with Crippen molar-refractivity contribution in [2.45, 2.75) is 25.3 Å². The van der Waals surface area contributed by atoms with Crippen LogP contribution in [-0.4, -0.2) is 48.0 Å². The highest BCUT2D eigenvalue weighted by Gasteiger charge is 2.26. The first kappa shape index (κ1) is 18.1. The van der Waals surface area contributed by atoms with Crippen molar-refractivity contribution in [1.82, 2.24) is 20.0 Å². The molecular weight excluding hydrogens is 332 g/mol. The molecule has 7 nitrogen and oxygen atoms in total. The fourth-order valence-corrected chi connectivity index (χ4v) is 3.56. The predicted octanol–water partition coefficient (Wildman–Crippen LogP) is 2.53. The average molecular weight is 358 g/mol. The van der Waals surface area contributed by atoms with E-state index in [2.05, 4.69) is 10.4 Å². The Morgan fingerprint density at radius 1 is 1.31 bits per heavy atom. The first-order valence-corrected chi connectivity index (χ1v) is 8.84. The van der Waals surface area contributed by atoms with Gasteiger partial charge in [-0.15, -0.1) is 0 Å². The van der Waals surface area contributed by atoms with Gasteiger partial charge in [-0.1, -0.05) is 12.1 Å². The van der Waals surface area contributed by atoms with Gasteiger partial charge in [0.05, 0.1) is 14.2 Å². The number of aromatic nitrogens is 2. The van der Waals surface area contributed by atoms with Crippen molar-refractivity contribution in [3.05, 3.63) is 41.7 Å². The third-order valence-corrected chi connectivity index (χ3v) is 4.90. The van der Waals surface area contributed by atoms with E-state index in [-0.39, 0.29) is 6.03 Å². The van der Waals surface area contributed by atoms with Crippen LogP contribution in [0.2, 0.25) is 0 Å². The zero-order valence-corrected chi connectivity index (χ0v) is 15.6. The van der Waals surface area contributed by atoms with E-state index in [0.717, 1.165) is 24.9 Å². The average Bonchev–Trinajstić information content (AvgIpc) is 3.11. The quantitative estimate of drug-likeness (QED) is 0.892. The second-order valence-electron chi connectivity index (χ2n) is 6.48. The van der Waals surface area contributed by atoms with Gasteiger partial charge in [-0.2, -0.15) is 5.10 Å². The maximum absolute atomic E-state index is 12.6. The third-order valence-electron chi connectivity index (χ3n) is 4.90. The van der Waals surface area contributed by atoms with Crippen LogP contribution < -0.4 is 14.8 Å². The minimum Gasteiger partial charge on any atom is -0.493 e. The molecular formula is C19H26N4O3. The Balaban J connectivity index is 1.63. The summed E-state index contributed by atoms with van der Waals surface area (Å²) in [6.07, 6.45) is 3.88. The molecule has 0 saturated carbocycles. The number of likely N-dealkylation sites (tertiary alicyclic amines) is 1. The number of para-hydroxylation sites is 1. The van der Waals surface area contributed by atoms with Crippen LogP contribution in [0.3, 0.4) is 0 Å². The fraction of sp³-hybridized carbons (Fsp3) is 0.474. The molecule has 1 saturated heterocycles. The minimum atomic E-state index is -0.0539. The molecule has 1 unspecified atom stereocenters. The molecule has 1 aromatic heterocycles. The van der Waals surface area contributed by atoms with E-state index in [1.165, 1.54) is 5.69 Å². The molecule has 1 atom stereocenters. The zero-order valence-electron chi connectivity index (χ0n) is 15.6. The molecule has 1 fully saturated rings. The molecule has 26 heavy (non-hydrogen) atoms. The van der Waals surface area contributed by atoms with Crippen LogP contribution in [0, 0.1) is 0 Å². The molecule has 1 aliphatic rings.